The van der Waals surface area contributed by atoms with E-state index in [0.29, 0.717) is 11.3 Å². The van der Waals surface area contributed by atoms with Crippen LogP contribution in [0, 0.1) is 22.9 Å². The van der Waals surface area contributed by atoms with E-state index in [0.717, 1.165) is 34.1 Å². The van der Waals surface area contributed by atoms with Gasteiger partial charge < -0.3 is 0 Å². The molecule has 0 radical (unpaired) electrons. The van der Waals surface area contributed by atoms with Crippen molar-refractivity contribution < 1.29 is 22.5 Å². The Labute approximate surface area is 195 Å². The second kappa shape index (κ2) is 10.2. The Morgan fingerprint density at radius 2 is 1.74 bits per heavy atom. The number of sulfonamides is 1. The van der Waals surface area contributed by atoms with Crippen molar-refractivity contribution in [1.82, 2.24) is 5.43 Å². The van der Waals surface area contributed by atoms with Gasteiger partial charge in [-0.25, -0.2) is 18.2 Å². The van der Waals surface area contributed by atoms with E-state index in [1.165, 1.54) is 18.2 Å². The number of carbonyl (C=O) groups excluding carboxylic acids is 1. The lowest BCUT2D eigenvalue weighted by Crippen LogP contribution is -2.39. The van der Waals surface area contributed by atoms with Crippen LogP contribution < -0.4 is 9.73 Å². The van der Waals surface area contributed by atoms with Gasteiger partial charge in [-0.1, -0.05) is 29.8 Å². The topological polar surface area (TPSA) is 122 Å². The van der Waals surface area contributed by atoms with E-state index in [-0.39, 0.29) is 16.3 Å². The predicted octanol–water partition coefficient (Wildman–Crippen LogP) is 3.78. The quantitative estimate of drug-likeness (QED) is 0.296. The van der Waals surface area contributed by atoms with Gasteiger partial charge in [0, 0.05) is 17.7 Å². The molecule has 0 aliphatic rings. The van der Waals surface area contributed by atoms with Crippen LogP contribution in [0.1, 0.15) is 18.1 Å². The minimum absolute atomic E-state index is 0.130. The summed E-state index contributed by atoms with van der Waals surface area (Å²) in [4.78, 5) is 22.9. The Hall–Kier alpha value is -4.12. The van der Waals surface area contributed by atoms with Gasteiger partial charge in [0.15, 0.2) is 0 Å². The van der Waals surface area contributed by atoms with Crippen molar-refractivity contribution >= 4 is 33.0 Å². The number of hydrazone groups is 1. The maximum Gasteiger partial charge on any atom is 0.270 e. The number of carbonyl (C=O) groups is 1. The average molecular weight is 485 g/mol. The van der Waals surface area contributed by atoms with Crippen LogP contribution in [0.5, 0.6) is 0 Å². The minimum Gasteiger partial charge on any atom is -0.271 e. The molecule has 0 atom stereocenters. The maximum absolute atomic E-state index is 13.3. The molecule has 0 aliphatic carbocycles. The van der Waals surface area contributed by atoms with Crippen LogP contribution in [-0.2, 0) is 14.8 Å². The fourth-order valence-corrected chi connectivity index (χ4v) is 4.40. The number of benzene rings is 3. The van der Waals surface area contributed by atoms with E-state index in [2.05, 4.69) is 10.5 Å². The largest absolute Gasteiger partial charge is 0.271 e. The molecule has 0 bridgehead atoms. The Morgan fingerprint density at radius 3 is 2.35 bits per heavy atom. The molecule has 0 heterocycles. The van der Waals surface area contributed by atoms with Gasteiger partial charge in [-0.05, 0) is 50.2 Å². The number of amides is 1. The SMILES string of the molecule is C/C(=N/NC(=O)CN(c1ccc(C)cc1)S(=O)(=O)c1ccc(F)cc1)c1cccc([N+](=O)[O-])c1. The standard InChI is InChI=1S/C23H21FN4O5S/c1-16-6-10-20(11-7-16)27(34(32,33)22-12-8-19(24)9-13-22)15-23(29)26-25-17(2)18-4-3-5-21(14-18)28(30)31/h3-14H,15H2,1-2H3,(H,26,29)/b25-17-. The molecule has 0 unspecified atom stereocenters. The molecule has 0 fully saturated rings. The molecule has 0 aromatic heterocycles. The van der Waals surface area contributed by atoms with Crippen molar-refractivity contribution in [2.75, 3.05) is 10.8 Å². The fourth-order valence-electron chi connectivity index (χ4n) is 2.98. The van der Waals surface area contributed by atoms with Gasteiger partial charge in [0.1, 0.15) is 12.4 Å². The number of nitro benzene ring substituents is 1. The summed E-state index contributed by atoms with van der Waals surface area (Å²) in [6.07, 6.45) is 0. The monoisotopic (exact) mass is 484 g/mol. The Kier molecular flexibility index (Phi) is 7.37. The number of non-ortho nitro benzene ring substituents is 1. The van der Waals surface area contributed by atoms with E-state index < -0.39 is 33.2 Å². The van der Waals surface area contributed by atoms with Crippen LogP contribution in [0.2, 0.25) is 0 Å². The summed E-state index contributed by atoms with van der Waals surface area (Å²) in [6, 6.07) is 16.5. The van der Waals surface area contributed by atoms with E-state index in [4.69, 9.17) is 0 Å². The van der Waals surface area contributed by atoms with Gasteiger partial charge in [0.25, 0.3) is 21.6 Å². The summed E-state index contributed by atoms with van der Waals surface area (Å²) in [6.45, 7) is 2.78. The first kappa shape index (κ1) is 24.5. The molecular weight excluding hydrogens is 463 g/mol. The van der Waals surface area contributed by atoms with Crippen molar-refractivity contribution in [1.29, 1.82) is 0 Å². The van der Waals surface area contributed by atoms with Gasteiger partial charge in [-0.2, -0.15) is 5.10 Å². The summed E-state index contributed by atoms with van der Waals surface area (Å²) in [7, 11) is -4.20. The molecule has 0 aliphatic heterocycles. The highest BCUT2D eigenvalue weighted by Crippen LogP contribution is 2.24. The number of aryl methyl sites for hydroxylation is 1. The molecule has 9 nitrogen and oxygen atoms in total. The summed E-state index contributed by atoms with van der Waals surface area (Å²) in [5, 5.41) is 14.9. The van der Waals surface area contributed by atoms with E-state index in [9.17, 15) is 27.7 Å². The molecule has 3 rings (SSSR count). The van der Waals surface area contributed by atoms with Crippen LogP contribution in [0.4, 0.5) is 15.8 Å². The van der Waals surface area contributed by atoms with Crippen LogP contribution in [0.3, 0.4) is 0 Å². The zero-order valence-electron chi connectivity index (χ0n) is 18.3. The smallest absolute Gasteiger partial charge is 0.270 e. The number of halogens is 1. The molecule has 1 amide bonds. The van der Waals surface area contributed by atoms with Gasteiger partial charge >= 0.3 is 0 Å². The zero-order valence-corrected chi connectivity index (χ0v) is 19.1. The number of rotatable bonds is 8. The average Bonchev–Trinajstić information content (AvgIpc) is 2.82. The third-order valence-electron chi connectivity index (χ3n) is 4.83. The highest BCUT2D eigenvalue weighted by Gasteiger charge is 2.27. The van der Waals surface area contributed by atoms with Crippen molar-refractivity contribution in [3.8, 4) is 0 Å². The van der Waals surface area contributed by atoms with Gasteiger partial charge in [0.05, 0.1) is 21.2 Å². The number of anilines is 1. The first-order valence-corrected chi connectivity index (χ1v) is 11.4. The summed E-state index contributed by atoms with van der Waals surface area (Å²) >= 11 is 0. The van der Waals surface area contributed by atoms with E-state index >= 15 is 0 Å². The lowest BCUT2D eigenvalue weighted by Gasteiger charge is -2.24. The molecule has 3 aromatic rings. The van der Waals surface area contributed by atoms with Crippen LogP contribution >= 0.6 is 0 Å². The van der Waals surface area contributed by atoms with Crippen LogP contribution in [0.25, 0.3) is 0 Å². The van der Waals surface area contributed by atoms with Crippen LogP contribution in [0.15, 0.2) is 82.8 Å². The summed E-state index contributed by atoms with van der Waals surface area (Å²) in [5.41, 5.74) is 4.00. The third-order valence-corrected chi connectivity index (χ3v) is 6.62. The molecule has 0 saturated heterocycles. The Bertz CT molecular complexity index is 1340. The van der Waals surface area contributed by atoms with Gasteiger partial charge in [-0.3, -0.25) is 19.2 Å². The molecule has 0 spiro atoms. The lowest BCUT2D eigenvalue weighted by atomic mass is 10.1. The van der Waals surface area contributed by atoms with E-state index in [1.807, 2.05) is 6.92 Å². The molecule has 1 N–H and O–H groups in total. The predicted molar refractivity (Wildman–Crippen MR) is 126 cm³/mol. The number of nitrogens with one attached hydrogen (secondary N) is 1. The fraction of sp³-hybridized carbons (Fsp3) is 0.130. The van der Waals surface area contributed by atoms with Crippen molar-refractivity contribution in [2.24, 2.45) is 5.10 Å². The Morgan fingerprint density at radius 1 is 1.09 bits per heavy atom. The summed E-state index contributed by atoms with van der Waals surface area (Å²) < 4.78 is 40.7. The molecule has 3 aromatic carbocycles. The number of hydrogen-bond donors (Lipinski definition) is 1. The molecule has 0 saturated carbocycles. The minimum atomic E-state index is -4.20. The maximum atomic E-state index is 13.3. The first-order chi connectivity index (χ1) is 16.1. The zero-order chi connectivity index (χ0) is 24.9. The molecular formula is C23H21FN4O5S. The molecule has 11 heteroatoms. The second-order valence-corrected chi connectivity index (χ2v) is 9.20. The molecule has 176 valence electrons. The van der Waals surface area contributed by atoms with Gasteiger partial charge in [-0.15, -0.1) is 0 Å². The molecule has 34 heavy (non-hydrogen) atoms. The second-order valence-electron chi connectivity index (χ2n) is 7.34. The lowest BCUT2D eigenvalue weighted by molar-refractivity contribution is -0.384. The van der Waals surface area contributed by atoms with Gasteiger partial charge in [0.2, 0.25) is 0 Å². The van der Waals surface area contributed by atoms with Crippen molar-refractivity contribution in [3.63, 3.8) is 0 Å². The third kappa shape index (κ3) is 5.81. The number of nitro groups is 1. The Balaban J connectivity index is 1.86. The highest BCUT2D eigenvalue weighted by molar-refractivity contribution is 7.92. The number of hydrogen-bond acceptors (Lipinski definition) is 6. The highest BCUT2D eigenvalue weighted by atomic mass is 32.2. The first-order valence-electron chi connectivity index (χ1n) is 10.0. The van der Waals surface area contributed by atoms with Crippen molar-refractivity contribution in [2.45, 2.75) is 18.7 Å². The van der Waals surface area contributed by atoms with Crippen LogP contribution in [-0.4, -0.2) is 31.5 Å². The van der Waals surface area contributed by atoms with Crippen molar-refractivity contribution in [3.05, 3.63) is 99.9 Å². The summed E-state index contributed by atoms with van der Waals surface area (Å²) in [5.74, 6) is -1.33. The van der Waals surface area contributed by atoms with E-state index in [1.54, 1.807) is 37.3 Å². The number of nitrogens with zero attached hydrogens (tertiary/aromatic N) is 3. The normalized spacial score (nSPS) is 11.7.